The van der Waals surface area contributed by atoms with Gasteiger partial charge in [0.05, 0.1) is 12.5 Å². The fourth-order valence-electron chi connectivity index (χ4n) is 1.51. The molecule has 13 heavy (non-hydrogen) atoms. The lowest BCUT2D eigenvalue weighted by atomic mass is 10.0. The topological polar surface area (TPSA) is 29.5 Å². The van der Waals surface area contributed by atoms with Crippen molar-refractivity contribution in [2.75, 3.05) is 13.6 Å². The molecule has 0 aliphatic carbocycles. The van der Waals surface area contributed by atoms with Crippen molar-refractivity contribution in [1.82, 2.24) is 5.06 Å². The van der Waals surface area contributed by atoms with Gasteiger partial charge in [-0.3, -0.25) is 0 Å². The smallest absolute Gasteiger partial charge is 0.333 e. The van der Waals surface area contributed by atoms with Gasteiger partial charge in [-0.2, -0.15) is 0 Å². The van der Waals surface area contributed by atoms with Crippen LogP contribution in [0.5, 0.6) is 0 Å². The van der Waals surface area contributed by atoms with Crippen molar-refractivity contribution in [3.63, 3.8) is 0 Å². The summed E-state index contributed by atoms with van der Waals surface area (Å²) in [5.74, 6) is -0.278. The summed E-state index contributed by atoms with van der Waals surface area (Å²) in [6.07, 6.45) is 0. The summed E-state index contributed by atoms with van der Waals surface area (Å²) in [4.78, 5) is 16.2. The maximum absolute atomic E-state index is 11.3. The Balaban J connectivity index is 2.23. The third kappa shape index (κ3) is 1.55. The van der Waals surface area contributed by atoms with Gasteiger partial charge in [-0.15, -0.1) is 5.06 Å². The standard InChI is InChI=1S/C10H11NO2/c1-11-7-9(10(12)13-11)8-5-3-2-4-6-8/h2-6,9H,7H2,1H3. The Morgan fingerprint density at radius 3 is 2.62 bits per heavy atom. The second-order valence-corrected chi connectivity index (χ2v) is 3.18. The molecule has 1 aromatic carbocycles. The summed E-state index contributed by atoms with van der Waals surface area (Å²) in [5, 5.41) is 1.57. The highest BCUT2D eigenvalue weighted by Gasteiger charge is 2.31. The molecule has 0 spiro atoms. The first-order valence-corrected chi connectivity index (χ1v) is 4.25. The normalized spacial score (nSPS) is 23.2. The fourth-order valence-corrected chi connectivity index (χ4v) is 1.51. The highest BCUT2D eigenvalue weighted by atomic mass is 16.7. The first kappa shape index (κ1) is 8.26. The minimum Gasteiger partial charge on any atom is -0.367 e. The molecular weight excluding hydrogens is 166 g/mol. The van der Waals surface area contributed by atoms with Crippen LogP contribution in [0.4, 0.5) is 0 Å². The molecule has 1 saturated heterocycles. The maximum Gasteiger partial charge on any atom is 0.333 e. The van der Waals surface area contributed by atoms with Gasteiger partial charge in [0.2, 0.25) is 0 Å². The first-order chi connectivity index (χ1) is 6.27. The Labute approximate surface area is 76.9 Å². The van der Waals surface area contributed by atoms with Crippen LogP contribution in [0.3, 0.4) is 0 Å². The lowest BCUT2D eigenvalue weighted by molar-refractivity contribution is -0.165. The predicted octanol–water partition coefficient (Wildman–Crippen LogP) is 1.17. The van der Waals surface area contributed by atoms with Gasteiger partial charge in [0, 0.05) is 7.05 Å². The van der Waals surface area contributed by atoms with Crippen LogP contribution in [0.25, 0.3) is 0 Å². The van der Waals surface area contributed by atoms with E-state index in [0.717, 1.165) is 5.56 Å². The van der Waals surface area contributed by atoms with Crippen molar-refractivity contribution >= 4 is 5.97 Å². The van der Waals surface area contributed by atoms with Gasteiger partial charge in [-0.1, -0.05) is 30.3 Å². The van der Waals surface area contributed by atoms with Gasteiger partial charge >= 0.3 is 5.97 Å². The van der Waals surface area contributed by atoms with Crippen LogP contribution in [0.1, 0.15) is 11.5 Å². The second kappa shape index (κ2) is 3.18. The van der Waals surface area contributed by atoms with Gasteiger partial charge in [0.15, 0.2) is 0 Å². The van der Waals surface area contributed by atoms with E-state index in [9.17, 15) is 4.79 Å². The highest BCUT2D eigenvalue weighted by molar-refractivity contribution is 5.79. The van der Waals surface area contributed by atoms with E-state index in [1.807, 2.05) is 30.3 Å². The molecule has 3 heteroatoms. The van der Waals surface area contributed by atoms with E-state index in [2.05, 4.69) is 0 Å². The van der Waals surface area contributed by atoms with E-state index >= 15 is 0 Å². The van der Waals surface area contributed by atoms with E-state index in [0.29, 0.717) is 6.54 Å². The van der Waals surface area contributed by atoms with Gasteiger partial charge < -0.3 is 4.84 Å². The fraction of sp³-hybridized carbons (Fsp3) is 0.300. The Bertz CT molecular complexity index is 310. The SMILES string of the molecule is CN1CC(c2ccccc2)C(=O)O1. The molecule has 0 saturated carbocycles. The van der Waals surface area contributed by atoms with E-state index in [1.54, 1.807) is 12.1 Å². The van der Waals surface area contributed by atoms with Gasteiger partial charge in [0.1, 0.15) is 0 Å². The maximum atomic E-state index is 11.3. The summed E-state index contributed by atoms with van der Waals surface area (Å²) in [6.45, 7) is 0.642. The minimum absolute atomic E-state index is 0.119. The van der Waals surface area contributed by atoms with Gasteiger partial charge in [-0.25, -0.2) is 4.79 Å². The van der Waals surface area contributed by atoms with Crippen LogP contribution in [0, 0.1) is 0 Å². The molecule has 3 nitrogen and oxygen atoms in total. The highest BCUT2D eigenvalue weighted by Crippen LogP contribution is 2.23. The van der Waals surface area contributed by atoms with E-state index in [-0.39, 0.29) is 11.9 Å². The van der Waals surface area contributed by atoms with Crippen molar-refractivity contribution in [2.45, 2.75) is 5.92 Å². The summed E-state index contributed by atoms with van der Waals surface area (Å²) < 4.78 is 0. The van der Waals surface area contributed by atoms with Crippen molar-refractivity contribution in [2.24, 2.45) is 0 Å². The van der Waals surface area contributed by atoms with E-state index in [1.165, 1.54) is 0 Å². The molecule has 0 radical (unpaired) electrons. The number of benzene rings is 1. The Hall–Kier alpha value is -1.35. The number of rotatable bonds is 1. The molecule has 0 aromatic heterocycles. The lowest BCUT2D eigenvalue weighted by Crippen LogP contribution is -2.11. The van der Waals surface area contributed by atoms with Crippen LogP contribution >= 0.6 is 0 Å². The molecular formula is C10H11NO2. The van der Waals surface area contributed by atoms with Crippen molar-refractivity contribution < 1.29 is 9.63 Å². The molecule has 0 N–H and O–H groups in total. The van der Waals surface area contributed by atoms with Crippen LogP contribution < -0.4 is 0 Å². The monoisotopic (exact) mass is 177 g/mol. The van der Waals surface area contributed by atoms with E-state index < -0.39 is 0 Å². The molecule has 1 aromatic rings. The molecule has 68 valence electrons. The van der Waals surface area contributed by atoms with Gasteiger partial charge in [0.25, 0.3) is 0 Å². The largest absolute Gasteiger partial charge is 0.367 e. The number of hydroxylamine groups is 2. The molecule has 1 atom stereocenters. The molecule has 1 fully saturated rings. The average molecular weight is 177 g/mol. The lowest BCUT2D eigenvalue weighted by Gasteiger charge is -2.03. The van der Waals surface area contributed by atoms with E-state index in [4.69, 9.17) is 4.84 Å². The number of hydrogen-bond donors (Lipinski definition) is 0. The minimum atomic E-state index is -0.159. The molecule has 0 amide bonds. The van der Waals surface area contributed by atoms with Crippen LogP contribution in [-0.4, -0.2) is 24.6 Å². The Morgan fingerprint density at radius 1 is 1.38 bits per heavy atom. The summed E-state index contributed by atoms with van der Waals surface area (Å²) in [6, 6.07) is 9.70. The third-order valence-corrected chi connectivity index (χ3v) is 2.17. The molecule has 1 aliphatic rings. The quantitative estimate of drug-likeness (QED) is 0.645. The molecule has 1 unspecified atom stereocenters. The number of carbonyl (C=O) groups excluding carboxylic acids is 1. The average Bonchev–Trinajstić information content (AvgIpc) is 2.47. The van der Waals surface area contributed by atoms with Gasteiger partial charge in [-0.05, 0) is 5.56 Å². The number of nitrogens with zero attached hydrogens (tertiary/aromatic N) is 1. The zero-order valence-corrected chi connectivity index (χ0v) is 7.43. The van der Waals surface area contributed by atoms with Crippen LogP contribution in [0.15, 0.2) is 30.3 Å². The number of hydrogen-bond acceptors (Lipinski definition) is 3. The number of carbonyl (C=O) groups is 1. The molecule has 1 heterocycles. The molecule has 0 bridgehead atoms. The van der Waals surface area contributed by atoms with Crippen molar-refractivity contribution in [3.8, 4) is 0 Å². The van der Waals surface area contributed by atoms with Crippen molar-refractivity contribution in [3.05, 3.63) is 35.9 Å². The molecule has 2 rings (SSSR count). The van der Waals surface area contributed by atoms with Crippen molar-refractivity contribution in [1.29, 1.82) is 0 Å². The summed E-state index contributed by atoms with van der Waals surface area (Å²) >= 11 is 0. The predicted molar refractivity (Wildman–Crippen MR) is 47.9 cm³/mol. The zero-order chi connectivity index (χ0) is 9.26. The second-order valence-electron chi connectivity index (χ2n) is 3.18. The first-order valence-electron chi connectivity index (χ1n) is 4.25. The molecule has 1 aliphatic heterocycles. The third-order valence-electron chi connectivity index (χ3n) is 2.17. The summed E-state index contributed by atoms with van der Waals surface area (Å²) in [7, 11) is 1.76. The zero-order valence-electron chi connectivity index (χ0n) is 7.43. The Kier molecular flexibility index (Phi) is 2.02. The number of likely N-dealkylation sites (N-methyl/N-ethyl adjacent to an activating group) is 1. The van der Waals surface area contributed by atoms with Crippen LogP contribution in [-0.2, 0) is 9.63 Å². The van der Waals surface area contributed by atoms with Crippen LogP contribution in [0.2, 0.25) is 0 Å². The summed E-state index contributed by atoms with van der Waals surface area (Å²) in [5.41, 5.74) is 1.02. The Morgan fingerprint density at radius 2 is 2.08 bits per heavy atom.